The molecule has 0 aliphatic carbocycles. The first kappa shape index (κ1) is 8.69. The van der Waals surface area contributed by atoms with E-state index < -0.39 is 0 Å². The van der Waals surface area contributed by atoms with Crippen LogP contribution in [0.25, 0.3) is 0 Å². The van der Waals surface area contributed by atoms with Gasteiger partial charge in [0, 0.05) is 6.16 Å². The topological polar surface area (TPSA) is 43.1 Å². The average Bonchev–Trinajstić information content (AvgIpc) is 2.40. The highest BCUT2D eigenvalue weighted by molar-refractivity contribution is 7.69. The molecule has 1 unspecified atom stereocenters. The lowest BCUT2D eigenvalue weighted by Crippen LogP contribution is -2.03. The van der Waals surface area contributed by atoms with Crippen LogP contribution < -0.4 is 0 Å². The third-order valence-electron chi connectivity index (χ3n) is 1.10. The van der Waals surface area contributed by atoms with Crippen LogP contribution in [0.15, 0.2) is 16.9 Å². The number of nitrogens with zero attached hydrogens (tertiary/aromatic N) is 1. The van der Waals surface area contributed by atoms with Gasteiger partial charge in [-0.1, -0.05) is 11.2 Å². The Labute approximate surface area is 70.7 Å². The van der Waals surface area contributed by atoms with Gasteiger partial charge in [0.1, 0.15) is 12.0 Å². The highest BCUT2D eigenvalue weighted by Crippen LogP contribution is 2.15. The lowest BCUT2D eigenvalue weighted by molar-refractivity contribution is -0.116. The highest BCUT2D eigenvalue weighted by Gasteiger charge is 2.05. The summed E-state index contributed by atoms with van der Waals surface area (Å²) < 4.78 is 4.88. The highest BCUT2D eigenvalue weighted by atomic mass is 35.7. The minimum absolute atomic E-state index is 0.0702. The van der Waals surface area contributed by atoms with Gasteiger partial charge in [0.25, 0.3) is 0 Å². The Kier molecular flexibility index (Phi) is 3.53. The normalized spacial score (nSPS) is 11.0. The Morgan fingerprint density at radius 3 is 3.18 bits per heavy atom. The van der Waals surface area contributed by atoms with Gasteiger partial charge >= 0.3 is 0 Å². The maximum absolute atomic E-state index is 10.9. The number of hydrogen-bond acceptors (Lipinski definition) is 3. The van der Waals surface area contributed by atoms with Crippen LogP contribution in [0.5, 0.6) is 0 Å². The van der Waals surface area contributed by atoms with Crippen LogP contribution in [0.3, 0.4) is 0 Å². The lowest BCUT2D eigenvalue weighted by atomic mass is 10.3. The van der Waals surface area contributed by atoms with E-state index in [2.05, 4.69) is 4.98 Å². The first-order valence-corrected chi connectivity index (χ1v) is 5.28. The summed E-state index contributed by atoms with van der Waals surface area (Å²) >= 11 is 5.39. The van der Waals surface area contributed by atoms with Crippen molar-refractivity contribution in [1.82, 2.24) is 4.98 Å². The second-order valence-electron chi connectivity index (χ2n) is 1.95. The van der Waals surface area contributed by atoms with Gasteiger partial charge in [-0.3, -0.25) is 4.79 Å². The predicted octanol–water partition coefficient (Wildman–Crippen LogP) is 1.62. The monoisotopic (exact) mass is 191 g/mol. The van der Waals surface area contributed by atoms with Gasteiger partial charge in [-0.05, 0) is 7.93 Å². The molecule has 1 aromatic heterocycles. The van der Waals surface area contributed by atoms with Crippen LogP contribution in [0, 0.1) is 0 Å². The molecule has 0 N–H and O–H groups in total. The fourth-order valence-corrected chi connectivity index (χ4v) is 1.37. The van der Waals surface area contributed by atoms with Gasteiger partial charge in [-0.15, -0.1) is 0 Å². The molecule has 5 heteroatoms. The Morgan fingerprint density at radius 1 is 1.82 bits per heavy atom. The van der Waals surface area contributed by atoms with E-state index in [1.54, 1.807) is 0 Å². The van der Waals surface area contributed by atoms with Crippen molar-refractivity contribution >= 4 is 25.0 Å². The third kappa shape index (κ3) is 3.00. The van der Waals surface area contributed by atoms with Crippen LogP contribution in [-0.2, 0) is 11.2 Å². The Morgan fingerprint density at radius 2 is 2.64 bits per heavy atom. The molecule has 60 valence electrons. The van der Waals surface area contributed by atoms with Crippen LogP contribution in [0.1, 0.15) is 5.89 Å². The molecule has 0 aliphatic rings. The maximum atomic E-state index is 10.9. The lowest BCUT2D eigenvalue weighted by Gasteiger charge is -1.91. The van der Waals surface area contributed by atoms with Crippen molar-refractivity contribution in [2.75, 3.05) is 6.16 Å². The molecule has 1 aromatic rings. The Balaban J connectivity index is 2.37. The molecule has 0 spiro atoms. The fraction of sp³-hybridized carbons (Fsp3) is 0.333. The zero-order valence-corrected chi connectivity index (χ0v) is 7.47. The number of aromatic nitrogens is 1. The van der Waals surface area contributed by atoms with Gasteiger partial charge in [-0.25, -0.2) is 4.98 Å². The van der Waals surface area contributed by atoms with Gasteiger partial charge in [0.05, 0.1) is 12.6 Å². The summed E-state index contributed by atoms with van der Waals surface area (Å²) in [5.41, 5.74) is 0. The molecule has 11 heavy (non-hydrogen) atoms. The van der Waals surface area contributed by atoms with Gasteiger partial charge < -0.3 is 4.42 Å². The molecule has 0 saturated carbocycles. The second-order valence-corrected chi connectivity index (χ2v) is 3.37. The molecule has 0 fully saturated rings. The standard InChI is InChI=1S/C6H7ClNO2P/c7-11-4-5(9)3-6-8-1-2-10-6/h1-2,11H,3-4H2. The zero-order chi connectivity index (χ0) is 8.10. The Bertz CT molecular complexity index is 224. The van der Waals surface area contributed by atoms with E-state index in [0.717, 1.165) is 0 Å². The van der Waals surface area contributed by atoms with E-state index in [1.807, 2.05) is 0 Å². The van der Waals surface area contributed by atoms with Crippen molar-refractivity contribution in [2.45, 2.75) is 6.42 Å². The molecule has 3 nitrogen and oxygen atoms in total. The van der Waals surface area contributed by atoms with Crippen LogP contribution >= 0.6 is 19.2 Å². The van der Waals surface area contributed by atoms with Crippen LogP contribution in [0.4, 0.5) is 0 Å². The number of carbonyl (C=O) groups excluding carboxylic acids is 1. The van der Waals surface area contributed by atoms with Crippen LogP contribution in [0.2, 0.25) is 0 Å². The molecule has 0 saturated heterocycles. The van der Waals surface area contributed by atoms with E-state index >= 15 is 0 Å². The number of ketones is 1. The summed E-state index contributed by atoms with van der Waals surface area (Å²) in [5.74, 6) is 0.533. The summed E-state index contributed by atoms with van der Waals surface area (Å²) in [4.78, 5) is 14.7. The van der Waals surface area contributed by atoms with Gasteiger partial charge in [0.2, 0.25) is 5.89 Å². The minimum atomic E-state index is 0.0702. The SMILES string of the molecule is O=C(CPCl)Cc1ncco1. The molecular formula is C6H7ClNO2P. The smallest absolute Gasteiger partial charge is 0.201 e. The summed E-state index contributed by atoms with van der Waals surface area (Å²) in [6, 6.07) is 0. The zero-order valence-electron chi connectivity index (χ0n) is 5.71. The van der Waals surface area contributed by atoms with Gasteiger partial charge in [0.15, 0.2) is 0 Å². The third-order valence-corrected chi connectivity index (χ3v) is 2.02. The van der Waals surface area contributed by atoms with E-state index in [1.165, 1.54) is 12.5 Å². The summed E-state index contributed by atoms with van der Waals surface area (Å²) in [5, 5.41) is 0. The van der Waals surface area contributed by atoms with Crippen LogP contribution in [-0.4, -0.2) is 16.9 Å². The largest absolute Gasteiger partial charge is 0.449 e. The number of Topliss-reactive ketones (excluding diaryl/α,β-unsaturated/α-hetero) is 1. The maximum Gasteiger partial charge on any atom is 0.201 e. The molecule has 0 amide bonds. The van der Waals surface area contributed by atoms with Crippen molar-refractivity contribution < 1.29 is 9.21 Å². The quantitative estimate of drug-likeness (QED) is 0.680. The summed E-state index contributed by atoms with van der Waals surface area (Å²) in [6.45, 7) is 0. The number of hydrogen-bond donors (Lipinski definition) is 0. The first-order valence-electron chi connectivity index (χ1n) is 3.06. The van der Waals surface area contributed by atoms with E-state index in [0.29, 0.717) is 12.1 Å². The molecule has 1 heterocycles. The minimum Gasteiger partial charge on any atom is -0.449 e. The molecular weight excluding hydrogens is 184 g/mol. The van der Waals surface area contributed by atoms with E-state index in [-0.39, 0.29) is 20.1 Å². The Hall–Kier alpha value is -0.400. The molecule has 0 radical (unpaired) electrons. The van der Waals surface area contributed by atoms with Crippen molar-refractivity contribution in [3.63, 3.8) is 0 Å². The second kappa shape index (κ2) is 4.47. The van der Waals surface area contributed by atoms with Crippen molar-refractivity contribution in [3.8, 4) is 0 Å². The molecule has 1 atom stereocenters. The summed E-state index contributed by atoms with van der Waals surface area (Å²) in [6.07, 6.45) is 3.63. The summed E-state index contributed by atoms with van der Waals surface area (Å²) in [7, 11) is 0.153. The van der Waals surface area contributed by atoms with E-state index in [4.69, 9.17) is 15.7 Å². The predicted molar refractivity (Wildman–Crippen MR) is 44.2 cm³/mol. The van der Waals surface area contributed by atoms with Crippen molar-refractivity contribution in [3.05, 3.63) is 18.4 Å². The molecule has 0 aliphatic heterocycles. The van der Waals surface area contributed by atoms with Gasteiger partial charge in [-0.2, -0.15) is 0 Å². The average molecular weight is 192 g/mol. The fourth-order valence-electron chi connectivity index (χ4n) is 0.646. The number of rotatable bonds is 4. The number of halogens is 1. The van der Waals surface area contributed by atoms with E-state index in [9.17, 15) is 4.79 Å². The molecule has 0 bridgehead atoms. The number of oxazole rings is 1. The van der Waals surface area contributed by atoms with Crippen molar-refractivity contribution in [1.29, 1.82) is 0 Å². The number of carbonyl (C=O) groups is 1. The molecule has 0 aromatic carbocycles. The molecule has 1 rings (SSSR count). The first-order chi connectivity index (χ1) is 5.33. The van der Waals surface area contributed by atoms with Crippen molar-refractivity contribution in [2.24, 2.45) is 0 Å².